The number of nitriles is 2. The molecule has 2 aromatic carbocycles. The molecular formula is C23H23N6O2+. The van der Waals surface area contributed by atoms with Crippen LogP contribution in [0.4, 0.5) is 0 Å². The number of nitrogens with one attached hydrogen (secondary N) is 1. The summed E-state index contributed by atoms with van der Waals surface area (Å²) in [5.74, 6) is 0.363. The Hall–Kier alpha value is -4.17. The van der Waals surface area contributed by atoms with Crippen LogP contribution in [-0.2, 0) is 16.1 Å². The summed E-state index contributed by atoms with van der Waals surface area (Å²) >= 11 is 0. The zero-order valence-corrected chi connectivity index (χ0v) is 17.3. The number of ether oxygens (including phenoxy) is 1. The molecule has 0 saturated heterocycles. The van der Waals surface area contributed by atoms with Crippen LogP contribution < -0.4 is 5.32 Å². The molecule has 1 aliphatic rings. The average molecular weight is 415 g/mol. The molecule has 0 aliphatic carbocycles. The summed E-state index contributed by atoms with van der Waals surface area (Å²) in [4.78, 5) is 15.8. The number of nitrogens with zero attached hydrogens (tertiary/aromatic N) is 5. The summed E-state index contributed by atoms with van der Waals surface area (Å²) in [5.41, 5.74) is 3.09. The van der Waals surface area contributed by atoms with E-state index in [0.717, 1.165) is 17.7 Å². The Bertz CT molecular complexity index is 1060. The molecule has 0 spiro atoms. The van der Waals surface area contributed by atoms with E-state index in [1.165, 1.54) is 6.92 Å². The van der Waals surface area contributed by atoms with E-state index in [0.29, 0.717) is 36.7 Å². The second-order valence-corrected chi connectivity index (χ2v) is 6.86. The largest absolute Gasteiger partial charge is 0.464 e. The predicted molar refractivity (Wildman–Crippen MR) is 115 cm³/mol. The smallest absolute Gasteiger partial charge is 0.302 e. The molecule has 0 saturated carbocycles. The second-order valence-electron chi connectivity index (χ2n) is 6.86. The molecule has 3 rings (SSSR count). The first-order valence-electron chi connectivity index (χ1n) is 9.89. The Kier molecular flexibility index (Phi) is 7.34. The Balaban J connectivity index is 1.95. The number of guanidine groups is 1. The van der Waals surface area contributed by atoms with Crippen molar-refractivity contribution in [2.45, 2.75) is 13.5 Å². The van der Waals surface area contributed by atoms with E-state index in [9.17, 15) is 4.79 Å². The van der Waals surface area contributed by atoms with Crippen molar-refractivity contribution in [2.24, 2.45) is 4.99 Å². The van der Waals surface area contributed by atoms with Crippen molar-refractivity contribution in [1.29, 1.82) is 10.5 Å². The van der Waals surface area contributed by atoms with Gasteiger partial charge in [0.25, 0.3) is 5.96 Å². The molecule has 0 radical (unpaired) electrons. The van der Waals surface area contributed by atoms with Crippen LogP contribution in [0.2, 0.25) is 0 Å². The van der Waals surface area contributed by atoms with E-state index < -0.39 is 0 Å². The fourth-order valence-electron chi connectivity index (χ4n) is 3.08. The van der Waals surface area contributed by atoms with Crippen LogP contribution in [0.5, 0.6) is 0 Å². The van der Waals surface area contributed by atoms with Crippen molar-refractivity contribution in [3.63, 3.8) is 0 Å². The first kappa shape index (κ1) is 21.5. The van der Waals surface area contributed by atoms with E-state index in [-0.39, 0.29) is 12.6 Å². The van der Waals surface area contributed by atoms with Gasteiger partial charge in [0.2, 0.25) is 6.21 Å². The quantitative estimate of drug-likeness (QED) is 0.320. The summed E-state index contributed by atoms with van der Waals surface area (Å²) in [5, 5.41) is 23.3. The Morgan fingerprint density at radius 1 is 1.16 bits per heavy atom. The van der Waals surface area contributed by atoms with Gasteiger partial charge in [0.15, 0.2) is 6.54 Å². The van der Waals surface area contributed by atoms with Crippen molar-refractivity contribution < 1.29 is 14.2 Å². The number of aliphatic imine (C=N–C) groups is 1. The molecule has 0 fully saturated rings. The fraction of sp³-hybridized carbons (Fsp3) is 0.261. The number of esters is 1. The third-order valence-corrected chi connectivity index (χ3v) is 4.58. The van der Waals surface area contributed by atoms with Gasteiger partial charge in [-0.15, -0.1) is 9.69 Å². The maximum absolute atomic E-state index is 11.3. The minimum Gasteiger partial charge on any atom is -0.464 e. The number of carbonyl (C=O) groups excluding carboxylic acids is 1. The van der Waals surface area contributed by atoms with Gasteiger partial charge < -0.3 is 10.1 Å². The Morgan fingerprint density at radius 2 is 1.81 bits per heavy atom. The van der Waals surface area contributed by atoms with Gasteiger partial charge in [0, 0.05) is 24.6 Å². The molecule has 8 heteroatoms. The lowest BCUT2D eigenvalue weighted by molar-refractivity contribution is -0.676. The second kappa shape index (κ2) is 10.6. The number of carbonyl (C=O) groups is 1. The lowest BCUT2D eigenvalue weighted by Crippen LogP contribution is -2.47. The summed E-state index contributed by atoms with van der Waals surface area (Å²) in [6.07, 6.45) is 1.95. The van der Waals surface area contributed by atoms with Crippen molar-refractivity contribution in [3.8, 4) is 12.1 Å². The van der Waals surface area contributed by atoms with Crippen LogP contribution in [0.25, 0.3) is 0 Å². The molecule has 0 atom stereocenters. The van der Waals surface area contributed by atoms with Gasteiger partial charge in [-0.1, -0.05) is 12.1 Å². The molecule has 1 heterocycles. The summed E-state index contributed by atoms with van der Waals surface area (Å²) in [6, 6.07) is 18.9. The highest BCUT2D eigenvalue weighted by Crippen LogP contribution is 2.09. The van der Waals surface area contributed by atoms with Gasteiger partial charge in [-0.3, -0.25) is 4.79 Å². The molecule has 2 aromatic rings. The Morgan fingerprint density at radius 3 is 2.35 bits per heavy atom. The summed E-state index contributed by atoms with van der Waals surface area (Å²) in [7, 11) is 0. The van der Waals surface area contributed by atoms with E-state index in [4.69, 9.17) is 15.3 Å². The van der Waals surface area contributed by atoms with E-state index in [1.807, 2.05) is 40.2 Å². The van der Waals surface area contributed by atoms with Crippen LogP contribution in [0.15, 0.2) is 53.5 Å². The van der Waals surface area contributed by atoms with Gasteiger partial charge in [0.05, 0.1) is 29.8 Å². The summed E-state index contributed by atoms with van der Waals surface area (Å²) < 4.78 is 7.16. The SMILES string of the molecule is CC(=O)OCCN(C1=NCCN1)/[N+](=C\c1ccc(C#N)cc1)Cc1ccc(C#N)cc1. The molecule has 1 N–H and O–H groups in total. The van der Waals surface area contributed by atoms with Gasteiger partial charge >= 0.3 is 5.97 Å². The van der Waals surface area contributed by atoms with Gasteiger partial charge in [-0.05, 0) is 36.4 Å². The predicted octanol–water partition coefficient (Wildman–Crippen LogP) is 1.80. The van der Waals surface area contributed by atoms with Crippen LogP contribution in [0.3, 0.4) is 0 Å². The third-order valence-electron chi connectivity index (χ3n) is 4.58. The number of hydrazine groups is 1. The minimum absolute atomic E-state index is 0.209. The van der Waals surface area contributed by atoms with Gasteiger partial charge in [0.1, 0.15) is 13.2 Å². The maximum Gasteiger partial charge on any atom is 0.302 e. The first-order chi connectivity index (χ1) is 15.1. The van der Waals surface area contributed by atoms with Crippen molar-refractivity contribution in [3.05, 3.63) is 70.8 Å². The molecule has 0 aromatic heterocycles. The molecule has 0 amide bonds. The van der Waals surface area contributed by atoms with Crippen LogP contribution in [0.1, 0.15) is 29.2 Å². The minimum atomic E-state index is -0.337. The number of rotatable bonds is 7. The van der Waals surface area contributed by atoms with Crippen LogP contribution >= 0.6 is 0 Å². The molecular weight excluding hydrogens is 392 g/mol. The monoisotopic (exact) mass is 415 g/mol. The highest BCUT2D eigenvalue weighted by atomic mass is 16.5. The highest BCUT2D eigenvalue weighted by molar-refractivity contribution is 5.81. The van der Waals surface area contributed by atoms with Gasteiger partial charge in [-0.2, -0.15) is 10.5 Å². The fourth-order valence-corrected chi connectivity index (χ4v) is 3.08. The molecule has 8 nitrogen and oxygen atoms in total. The zero-order chi connectivity index (χ0) is 22.1. The molecule has 156 valence electrons. The van der Waals surface area contributed by atoms with E-state index in [2.05, 4.69) is 22.4 Å². The molecule has 0 unspecified atom stereocenters. The Labute approximate surface area is 181 Å². The van der Waals surface area contributed by atoms with E-state index in [1.54, 1.807) is 24.3 Å². The first-order valence-corrected chi connectivity index (χ1v) is 9.89. The van der Waals surface area contributed by atoms with Crippen molar-refractivity contribution >= 4 is 18.1 Å². The van der Waals surface area contributed by atoms with Crippen LogP contribution in [0, 0.1) is 22.7 Å². The van der Waals surface area contributed by atoms with Crippen LogP contribution in [-0.4, -0.2) is 54.1 Å². The zero-order valence-electron chi connectivity index (χ0n) is 17.3. The lowest BCUT2D eigenvalue weighted by Gasteiger charge is -2.21. The van der Waals surface area contributed by atoms with E-state index >= 15 is 0 Å². The standard InChI is InChI=1S/C23H23N6O2/c1-18(30)31-13-12-29(23-26-10-11-27-23)28(16-21-6-2-19(14-24)3-7-21)17-22-8-4-20(15-25)5-9-22/h2-9,16H,10-13,17H2,1H3,(H,26,27)/q+1/b28-16-. The topological polar surface area (TPSA) is 105 Å². The molecule has 1 aliphatic heterocycles. The van der Waals surface area contributed by atoms with Crippen molar-refractivity contribution in [1.82, 2.24) is 10.3 Å². The number of benzene rings is 2. The third kappa shape index (κ3) is 6.15. The number of hydrogen-bond acceptors (Lipinski definition) is 7. The molecule has 0 bridgehead atoms. The normalized spacial score (nSPS) is 12.9. The van der Waals surface area contributed by atoms with Gasteiger partial charge in [-0.25, -0.2) is 4.99 Å². The maximum atomic E-state index is 11.3. The molecule has 31 heavy (non-hydrogen) atoms. The lowest BCUT2D eigenvalue weighted by atomic mass is 10.1. The average Bonchev–Trinajstić information content (AvgIpc) is 3.32. The number of hydrazone groups is 1. The highest BCUT2D eigenvalue weighted by Gasteiger charge is 2.25. The number of hydrogen-bond donors (Lipinski definition) is 1. The van der Waals surface area contributed by atoms with Crippen molar-refractivity contribution in [2.75, 3.05) is 26.2 Å². The summed E-state index contributed by atoms with van der Waals surface area (Å²) in [6.45, 7) is 3.91.